The maximum atomic E-state index is 12.8. The van der Waals surface area contributed by atoms with Crippen LogP contribution in [0.5, 0.6) is 0 Å². The fourth-order valence-electron chi connectivity index (χ4n) is 3.21. The van der Waals surface area contributed by atoms with Crippen LogP contribution >= 0.6 is 34.3 Å². The first-order valence-electron chi connectivity index (χ1n) is 8.39. The second-order valence-electron chi connectivity index (χ2n) is 6.16. The van der Waals surface area contributed by atoms with Gasteiger partial charge >= 0.3 is 6.09 Å². The molecule has 2 amide bonds. The van der Waals surface area contributed by atoms with Gasteiger partial charge in [-0.15, -0.1) is 22.7 Å². The monoisotopic (exact) mass is 431 g/mol. The Balaban J connectivity index is 1.64. The number of thiophene rings is 2. The molecule has 3 heterocycles. The molecule has 0 aliphatic carbocycles. The van der Waals surface area contributed by atoms with Crippen molar-refractivity contribution in [1.82, 2.24) is 4.90 Å². The zero-order chi connectivity index (χ0) is 19.8. The average molecular weight is 432 g/mol. The Morgan fingerprint density at radius 2 is 2.11 bits per heavy atom. The highest BCUT2D eigenvalue weighted by molar-refractivity contribution is 7.22. The van der Waals surface area contributed by atoms with E-state index in [9.17, 15) is 14.9 Å². The standard InChI is InChI=1S/C19H14ClN3O3S2/c1-26-19(25)23-7-6-10-12(8-21)18(28-14(10)9-23)22-17(24)16-15(20)11-4-2-3-5-13(11)27-16/h2-5H,6-7,9H2,1H3,(H,22,24). The van der Waals surface area contributed by atoms with Crippen LogP contribution in [-0.2, 0) is 17.7 Å². The number of nitrogens with one attached hydrogen (secondary N) is 1. The van der Waals surface area contributed by atoms with E-state index in [-0.39, 0.29) is 5.91 Å². The van der Waals surface area contributed by atoms with E-state index in [1.54, 1.807) is 4.90 Å². The average Bonchev–Trinajstić information content (AvgIpc) is 3.23. The molecule has 0 fully saturated rings. The van der Waals surface area contributed by atoms with Crippen molar-refractivity contribution in [1.29, 1.82) is 5.26 Å². The van der Waals surface area contributed by atoms with E-state index in [2.05, 4.69) is 11.4 Å². The fraction of sp³-hybridized carbons (Fsp3) is 0.211. The van der Waals surface area contributed by atoms with Gasteiger partial charge in [-0.3, -0.25) is 4.79 Å². The van der Waals surface area contributed by atoms with Gasteiger partial charge in [-0.05, 0) is 18.1 Å². The molecule has 0 spiro atoms. The number of ether oxygens (including phenoxy) is 1. The quantitative estimate of drug-likeness (QED) is 0.627. The summed E-state index contributed by atoms with van der Waals surface area (Å²) in [7, 11) is 1.34. The van der Waals surface area contributed by atoms with Gasteiger partial charge in [-0.1, -0.05) is 29.8 Å². The van der Waals surface area contributed by atoms with Gasteiger partial charge < -0.3 is 15.0 Å². The number of methoxy groups -OCH3 is 1. The second kappa shape index (κ2) is 7.43. The minimum atomic E-state index is -0.403. The van der Waals surface area contributed by atoms with Gasteiger partial charge in [0, 0.05) is 21.5 Å². The zero-order valence-corrected chi connectivity index (χ0v) is 17.1. The maximum Gasteiger partial charge on any atom is 0.409 e. The van der Waals surface area contributed by atoms with Gasteiger partial charge in [0.15, 0.2) is 0 Å². The molecule has 0 bridgehead atoms. The summed E-state index contributed by atoms with van der Waals surface area (Å²) in [5, 5.41) is 14.2. The van der Waals surface area contributed by atoms with Crippen LogP contribution in [0.15, 0.2) is 24.3 Å². The predicted octanol–water partition coefficient (Wildman–Crippen LogP) is 4.86. The van der Waals surface area contributed by atoms with Gasteiger partial charge in [0.2, 0.25) is 0 Å². The Kier molecular flexibility index (Phi) is 4.98. The largest absolute Gasteiger partial charge is 0.453 e. The van der Waals surface area contributed by atoms with Gasteiger partial charge in [0.25, 0.3) is 5.91 Å². The lowest BCUT2D eigenvalue weighted by molar-refractivity contribution is 0.103. The molecule has 1 aliphatic rings. The molecule has 0 unspecified atom stereocenters. The van der Waals surface area contributed by atoms with Crippen LogP contribution < -0.4 is 5.32 Å². The third-order valence-electron chi connectivity index (χ3n) is 4.57. The summed E-state index contributed by atoms with van der Waals surface area (Å²) < 4.78 is 5.70. The van der Waals surface area contributed by atoms with Crippen molar-refractivity contribution in [2.75, 3.05) is 19.0 Å². The van der Waals surface area contributed by atoms with E-state index in [0.29, 0.717) is 40.0 Å². The van der Waals surface area contributed by atoms with Crippen molar-refractivity contribution in [2.45, 2.75) is 13.0 Å². The summed E-state index contributed by atoms with van der Waals surface area (Å²) in [6, 6.07) is 9.74. The lowest BCUT2D eigenvalue weighted by Crippen LogP contribution is -2.35. The molecule has 3 aromatic rings. The molecular formula is C19H14ClN3O3S2. The van der Waals surface area contributed by atoms with Gasteiger partial charge in [0.05, 0.1) is 24.2 Å². The molecule has 4 rings (SSSR count). The Hall–Kier alpha value is -2.60. The lowest BCUT2D eigenvalue weighted by atomic mass is 10.0. The number of carbonyl (C=O) groups is 2. The molecule has 2 aromatic heterocycles. The lowest BCUT2D eigenvalue weighted by Gasteiger charge is -2.25. The Bertz CT molecular complexity index is 1150. The van der Waals surface area contributed by atoms with Crippen molar-refractivity contribution in [3.63, 3.8) is 0 Å². The van der Waals surface area contributed by atoms with Crippen molar-refractivity contribution in [3.8, 4) is 6.07 Å². The number of anilines is 1. The number of benzene rings is 1. The molecule has 28 heavy (non-hydrogen) atoms. The highest BCUT2D eigenvalue weighted by Crippen LogP contribution is 2.39. The molecule has 0 saturated carbocycles. The van der Waals surface area contributed by atoms with E-state index in [4.69, 9.17) is 16.3 Å². The van der Waals surface area contributed by atoms with Crippen molar-refractivity contribution >= 4 is 61.4 Å². The van der Waals surface area contributed by atoms with Crippen molar-refractivity contribution in [2.24, 2.45) is 0 Å². The van der Waals surface area contributed by atoms with E-state index in [0.717, 1.165) is 20.5 Å². The van der Waals surface area contributed by atoms with Crippen LogP contribution in [-0.4, -0.2) is 30.6 Å². The minimum Gasteiger partial charge on any atom is -0.453 e. The molecule has 0 radical (unpaired) electrons. The Morgan fingerprint density at radius 1 is 1.32 bits per heavy atom. The highest BCUT2D eigenvalue weighted by Gasteiger charge is 2.28. The molecule has 6 nitrogen and oxygen atoms in total. The predicted molar refractivity (Wildman–Crippen MR) is 110 cm³/mol. The molecule has 9 heteroatoms. The van der Waals surface area contributed by atoms with Gasteiger partial charge in [-0.25, -0.2) is 4.79 Å². The highest BCUT2D eigenvalue weighted by atomic mass is 35.5. The Labute approximate surface area is 173 Å². The third kappa shape index (κ3) is 3.11. The van der Waals surface area contributed by atoms with Crippen molar-refractivity contribution in [3.05, 3.63) is 50.2 Å². The number of carbonyl (C=O) groups excluding carboxylic acids is 2. The van der Waals surface area contributed by atoms with Crippen LogP contribution in [0.25, 0.3) is 10.1 Å². The molecule has 1 aliphatic heterocycles. The zero-order valence-electron chi connectivity index (χ0n) is 14.7. The number of hydrogen-bond acceptors (Lipinski definition) is 6. The number of nitriles is 1. The SMILES string of the molecule is COC(=O)N1CCc2c(sc(NC(=O)c3sc4ccccc4c3Cl)c2C#N)C1. The summed E-state index contributed by atoms with van der Waals surface area (Å²) in [4.78, 5) is 27.5. The molecule has 0 saturated heterocycles. The Morgan fingerprint density at radius 3 is 2.82 bits per heavy atom. The summed E-state index contributed by atoms with van der Waals surface area (Å²) in [6.45, 7) is 0.835. The van der Waals surface area contributed by atoms with E-state index >= 15 is 0 Å². The van der Waals surface area contributed by atoms with E-state index < -0.39 is 6.09 Å². The van der Waals surface area contributed by atoms with Crippen LogP contribution in [0.1, 0.15) is 25.7 Å². The number of fused-ring (bicyclic) bond motifs is 2. The number of nitrogens with zero attached hydrogens (tertiary/aromatic N) is 2. The molecule has 142 valence electrons. The van der Waals surface area contributed by atoms with Gasteiger partial charge in [-0.2, -0.15) is 5.26 Å². The normalized spacial score (nSPS) is 13.1. The third-order valence-corrected chi connectivity index (χ3v) is 7.38. The van der Waals surface area contributed by atoms with Crippen molar-refractivity contribution < 1.29 is 14.3 Å². The molecule has 1 N–H and O–H groups in total. The van der Waals surface area contributed by atoms with E-state index in [1.807, 2.05) is 24.3 Å². The van der Waals surface area contributed by atoms with Crippen LogP contribution in [0.2, 0.25) is 5.02 Å². The van der Waals surface area contributed by atoms with Crippen LogP contribution in [0.4, 0.5) is 9.80 Å². The molecular weight excluding hydrogens is 418 g/mol. The smallest absolute Gasteiger partial charge is 0.409 e. The minimum absolute atomic E-state index is 0.342. The fourth-order valence-corrected chi connectivity index (χ4v) is 5.84. The van der Waals surface area contributed by atoms with Crippen LogP contribution in [0.3, 0.4) is 0 Å². The maximum absolute atomic E-state index is 12.8. The number of amides is 2. The first kappa shape index (κ1) is 18.7. The van der Waals surface area contributed by atoms with Gasteiger partial charge in [0.1, 0.15) is 15.9 Å². The molecule has 0 atom stereocenters. The summed E-state index contributed by atoms with van der Waals surface area (Å²) in [6.07, 6.45) is 0.142. The number of rotatable bonds is 2. The summed E-state index contributed by atoms with van der Waals surface area (Å²) in [5.41, 5.74) is 1.33. The van der Waals surface area contributed by atoms with E-state index in [1.165, 1.54) is 29.8 Å². The summed E-state index contributed by atoms with van der Waals surface area (Å²) >= 11 is 9.02. The second-order valence-corrected chi connectivity index (χ2v) is 8.69. The molecule has 1 aromatic carbocycles. The number of halogens is 1. The number of hydrogen-bond donors (Lipinski definition) is 1. The van der Waals surface area contributed by atoms with Crippen LogP contribution in [0, 0.1) is 11.3 Å². The first-order chi connectivity index (χ1) is 13.5. The first-order valence-corrected chi connectivity index (χ1v) is 10.4. The summed E-state index contributed by atoms with van der Waals surface area (Å²) in [5.74, 6) is -0.342. The topological polar surface area (TPSA) is 82.4 Å².